The third-order valence-corrected chi connectivity index (χ3v) is 7.59. The van der Waals surface area contributed by atoms with Gasteiger partial charge in [-0.3, -0.25) is 9.59 Å². The van der Waals surface area contributed by atoms with Crippen LogP contribution in [0.4, 0.5) is 0 Å². The minimum atomic E-state index is -0.105. The van der Waals surface area contributed by atoms with Gasteiger partial charge < -0.3 is 19.4 Å². The number of amides is 1. The summed E-state index contributed by atoms with van der Waals surface area (Å²) >= 11 is 0. The second-order valence-corrected chi connectivity index (χ2v) is 10.2. The molecule has 36 heavy (non-hydrogen) atoms. The molecule has 0 spiro atoms. The molecule has 1 N–H and O–H groups in total. The number of fused-ring (bicyclic) bond motifs is 3. The van der Waals surface area contributed by atoms with Crippen molar-refractivity contribution in [2.75, 3.05) is 20.1 Å². The molecule has 1 amide bonds. The molecule has 2 heterocycles. The molecule has 4 aromatic rings. The number of para-hydroxylation sites is 1. The van der Waals surface area contributed by atoms with E-state index < -0.39 is 0 Å². The minimum Gasteiger partial charge on any atom is -0.352 e. The van der Waals surface area contributed by atoms with Gasteiger partial charge in [0.15, 0.2) is 0 Å². The van der Waals surface area contributed by atoms with Gasteiger partial charge >= 0.3 is 0 Å². The Morgan fingerprint density at radius 3 is 2.53 bits per heavy atom. The first-order valence-electron chi connectivity index (χ1n) is 13.2. The van der Waals surface area contributed by atoms with Crippen LogP contribution < -0.4 is 10.9 Å². The zero-order chi connectivity index (χ0) is 25.1. The molecule has 6 heteroatoms. The molecule has 0 radical (unpaired) electrons. The predicted octanol–water partition coefficient (Wildman–Crippen LogP) is 5.25. The van der Waals surface area contributed by atoms with E-state index in [1.54, 1.807) is 0 Å². The Bertz CT molecular complexity index is 1410. The number of rotatable bonds is 8. The lowest BCUT2D eigenvalue weighted by molar-refractivity contribution is 0.0952. The minimum absolute atomic E-state index is 0.00897. The van der Waals surface area contributed by atoms with Crippen molar-refractivity contribution in [2.45, 2.75) is 51.1 Å². The maximum atomic E-state index is 13.7. The van der Waals surface area contributed by atoms with E-state index in [1.165, 1.54) is 12.0 Å². The van der Waals surface area contributed by atoms with Gasteiger partial charge in [0.05, 0.1) is 5.56 Å². The monoisotopic (exact) mass is 484 g/mol. The Morgan fingerprint density at radius 2 is 1.75 bits per heavy atom. The van der Waals surface area contributed by atoms with Crippen LogP contribution in [0.2, 0.25) is 0 Å². The topological polar surface area (TPSA) is 59.3 Å². The van der Waals surface area contributed by atoms with Crippen LogP contribution in [-0.2, 0) is 13.6 Å². The van der Waals surface area contributed by atoms with Crippen LogP contribution in [0.5, 0.6) is 0 Å². The lowest BCUT2D eigenvalue weighted by Gasteiger charge is -2.25. The summed E-state index contributed by atoms with van der Waals surface area (Å²) in [4.78, 5) is 29.5. The Hall–Kier alpha value is -3.38. The molecule has 2 aromatic heterocycles. The average Bonchev–Trinajstić information content (AvgIpc) is 3.21. The zero-order valence-corrected chi connectivity index (χ0v) is 21.4. The number of benzene rings is 2. The number of carbonyl (C=O) groups is 1. The van der Waals surface area contributed by atoms with Crippen LogP contribution in [0.3, 0.4) is 0 Å². The first kappa shape index (κ1) is 24.3. The van der Waals surface area contributed by atoms with E-state index in [0.717, 1.165) is 61.5 Å². The van der Waals surface area contributed by atoms with Crippen LogP contribution in [-0.4, -0.2) is 40.1 Å². The lowest BCUT2D eigenvalue weighted by Crippen LogP contribution is -2.32. The molecule has 1 fully saturated rings. The highest BCUT2D eigenvalue weighted by Gasteiger charge is 2.24. The Kier molecular flexibility index (Phi) is 7.23. The average molecular weight is 485 g/mol. The fourth-order valence-electron chi connectivity index (χ4n) is 5.72. The number of hydrogen-bond donors (Lipinski definition) is 1. The van der Waals surface area contributed by atoms with Crippen molar-refractivity contribution in [2.24, 2.45) is 7.05 Å². The first-order valence-corrected chi connectivity index (χ1v) is 13.2. The normalized spacial score (nSPS) is 14.6. The number of nitrogens with one attached hydrogen (secondary N) is 1. The van der Waals surface area contributed by atoms with Crippen LogP contribution in [0.1, 0.15) is 60.5 Å². The third kappa shape index (κ3) is 4.82. The highest BCUT2D eigenvalue weighted by molar-refractivity contribution is 6.17. The Morgan fingerprint density at radius 1 is 1.03 bits per heavy atom. The fraction of sp³-hybridized carbons (Fsp3) is 0.400. The van der Waals surface area contributed by atoms with Gasteiger partial charge in [-0.2, -0.15) is 0 Å². The molecule has 0 bridgehead atoms. The van der Waals surface area contributed by atoms with Crippen LogP contribution in [0.15, 0.2) is 65.6 Å². The molecular weight excluding hydrogens is 448 g/mol. The van der Waals surface area contributed by atoms with Crippen LogP contribution in [0.25, 0.3) is 21.8 Å². The number of nitrogens with zero attached hydrogens (tertiary/aromatic N) is 3. The highest BCUT2D eigenvalue weighted by atomic mass is 16.2. The number of aromatic nitrogens is 2. The third-order valence-electron chi connectivity index (χ3n) is 7.59. The summed E-state index contributed by atoms with van der Waals surface area (Å²) in [7, 11) is 4.04. The van der Waals surface area contributed by atoms with Gasteiger partial charge in [0.1, 0.15) is 5.52 Å². The molecule has 1 aliphatic rings. The highest BCUT2D eigenvalue weighted by Crippen LogP contribution is 2.32. The molecule has 0 saturated heterocycles. The first-order chi connectivity index (χ1) is 17.5. The molecular formula is C30H36N4O2. The van der Waals surface area contributed by atoms with Crippen molar-refractivity contribution in [3.8, 4) is 0 Å². The van der Waals surface area contributed by atoms with Gasteiger partial charge in [0.25, 0.3) is 11.5 Å². The number of hydrogen-bond acceptors (Lipinski definition) is 3. The van der Waals surface area contributed by atoms with E-state index in [1.807, 2.05) is 52.7 Å². The van der Waals surface area contributed by atoms with Crippen molar-refractivity contribution in [1.29, 1.82) is 0 Å². The fourth-order valence-corrected chi connectivity index (χ4v) is 5.72. The standard InChI is InChI=1S/C30H36N4O2/c1-32(20-22-12-5-3-6-13-22)19-11-18-31-29(35)25-21-34(23-14-7-4-8-15-23)30(36)28-27(25)24-16-9-10-17-26(24)33(28)2/h3,5-6,9-10,12-13,16-17,21,23H,4,7-8,11,14-15,18-20H2,1-2H3,(H,31,35). The van der Waals surface area contributed by atoms with Crippen molar-refractivity contribution >= 4 is 27.7 Å². The van der Waals surface area contributed by atoms with E-state index in [2.05, 4.69) is 41.5 Å². The maximum Gasteiger partial charge on any atom is 0.275 e. The van der Waals surface area contributed by atoms with E-state index in [4.69, 9.17) is 0 Å². The molecule has 5 rings (SSSR count). The summed E-state index contributed by atoms with van der Waals surface area (Å²) in [5.74, 6) is -0.105. The SMILES string of the molecule is CN(CCCNC(=O)c1cn(C2CCCCC2)c(=O)c2c1c1ccccc1n2C)Cc1ccccc1. The summed E-state index contributed by atoms with van der Waals surface area (Å²) in [5.41, 5.74) is 3.49. The van der Waals surface area contributed by atoms with Crippen LogP contribution in [0, 0.1) is 0 Å². The van der Waals surface area contributed by atoms with Gasteiger partial charge in [-0.1, -0.05) is 67.8 Å². The van der Waals surface area contributed by atoms with Crippen molar-refractivity contribution in [3.05, 3.63) is 82.3 Å². The number of pyridine rings is 1. The summed E-state index contributed by atoms with van der Waals surface area (Å²) in [6.45, 7) is 2.37. The van der Waals surface area contributed by atoms with E-state index in [-0.39, 0.29) is 17.5 Å². The number of carbonyl (C=O) groups excluding carboxylic acids is 1. The van der Waals surface area contributed by atoms with E-state index in [9.17, 15) is 9.59 Å². The van der Waals surface area contributed by atoms with Crippen LogP contribution >= 0.6 is 0 Å². The summed E-state index contributed by atoms with van der Waals surface area (Å²) in [5, 5.41) is 4.87. The summed E-state index contributed by atoms with van der Waals surface area (Å²) in [6.07, 6.45) is 8.15. The zero-order valence-electron chi connectivity index (χ0n) is 21.4. The summed E-state index contributed by atoms with van der Waals surface area (Å²) in [6, 6.07) is 18.6. The molecule has 2 aromatic carbocycles. The number of aryl methyl sites for hydroxylation is 1. The van der Waals surface area contributed by atoms with Gasteiger partial charge in [0, 0.05) is 48.7 Å². The largest absolute Gasteiger partial charge is 0.352 e. The summed E-state index contributed by atoms with van der Waals surface area (Å²) < 4.78 is 3.81. The van der Waals surface area contributed by atoms with E-state index >= 15 is 0 Å². The molecule has 0 unspecified atom stereocenters. The molecule has 0 aliphatic heterocycles. The van der Waals surface area contributed by atoms with Crippen molar-refractivity contribution in [3.63, 3.8) is 0 Å². The predicted molar refractivity (Wildman–Crippen MR) is 147 cm³/mol. The smallest absolute Gasteiger partial charge is 0.275 e. The van der Waals surface area contributed by atoms with Crippen molar-refractivity contribution < 1.29 is 4.79 Å². The Labute approximate surface area is 212 Å². The quantitative estimate of drug-likeness (QED) is 0.348. The second-order valence-electron chi connectivity index (χ2n) is 10.2. The molecule has 0 atom stereocenters. The van der Waals surface area contributed by atoms with Crippen molar-refractivity contribution in [1.82, 2.24) is 19.4 Å². The molecule has 188 valence electrons. The lowest BCUT2D eigenvalue weighted by atomic mass is 9.95. The van der Waals surface area contributed by atoms with Gasteiger partial charge in [-0.15, -0.1) is 0 Å². The molecule has 6 nitrogen and oxygen atoms in total. The second kappa shape index (κ2) is 10.7. The van der Waals surface area contributed by atoms with E-state index in [0.29, 0.717) is 17.6 Å². The Balaban J connectivity index is 1.39. The molecule has 1 saturated carbocycles. The van der Waals surface area contributed by atoms with Gasteiger partial charge in [0.2, 0.25) is 0 Å². The molecule has 1 aliphatic carbocycles. The maximum absolute atomic E-state index is 13.7. The van der Waals surface area contributed by atoms with Gasteiger partial charge in [-0.25, -0.2) is 0 Å². The van der Waals surface area contributed by atoms with Gasteiger partial charge in [-0.05, 0) is 44.5 Å².